The lowest BCUT2D eigenvalue weighted by Crippen LogP contribution is -2.64. The molecule has 3 aliphatic rings. The molecule has 11 heteroatoms. The highest BCUT2D eigenvalue weighted by Gasteiger charge is 2.42. The maximum atomic E-state index is 13.0. The van der Waals surface area contributed by atoms with Gasteiger partial charge in [0.2, 0.25) is 0 Å². The lowest BCUT2D eigenvalue weighted by molar-refractivity contribution is -0.135. The maximum absolute atomic E-state index is 13.0. The van der Waals surface area contributed by atoms with Gasteiger partial charge < -0.3 is 29.5 Å². The maximum Gasteiger partial charge on any atom is 0.288 e. The number of carbonyl (C=O) groups excluding carboxylic acids is 1. The van der Waals surface area contributed by atoms with E-state index >= 15 is 0 Å². The molecule has 0 radical (unpaired) electrons. The summed E-state index contributed by atoms with van der Waals surface area (Å²) in [6.45, 7) is 10.8. The summed E-state index contributed by atoms with van der Waals surface area (Å²) in [7, 11) is 1.97. The first-order valence-electron chi connectivity index (χ1n) is 15.5. The van der Waals surface area contributed by atoms with Gasteiger partial charge in [-0.3, -0.25) is 4.79 Å². The molecule has 0 spiro atoms. The number of benzene rings is 2. The Morgan fingerprint density at radius 3 is 2.56 bits per heavy atom. The number of aliphatic hydroxyl groups excluding tert-OH is 1. The van der Waals surface area contributed by atoms with Crippen LogP contribution in [0.2, 0.25) is 0 Å². The van der Waals surface area contributed by atoms with E-state index in [-0.39, 0.29) is 23.8 Å². The van der Waals surface area contributed by atoms with Gasteiger partial charge in [0.1, 0.15) is 23.3 Å². The zero-order valence-electron chi connectivity index (χ0n) is 26.7. The minimum Gasteiger partial charge on any atom is -0.503 e. The minimum absolute atomic E-state index is 0.0311. The van der Waals surface area contributed by atoms with Gasteiger partial charge in [-0.2, -0.15) is 5.10 Å². The van der Waals surface area contributed by atoms with Gasteiger partial charge in [-0.15, -0.1) is 0 Å². The van der Waals surface area contributed by atoms with E-state index in [1.54, 1.807) is 26.5 Å². The highest BCUT2D eigenvalue weighted by molar-refractivity contribution is 5.93. The first-order valence-corrected chi connectivity index (χ1v) is 15.5. The van der Waals surface area contributed by atoms with Gasteiger partial charge in [-0.1, -0.05) is 13.8 Å². The van der Waals surface area contributed by atoms with E-state index in [4.69, 9.17) is 4.74 Å². The number of allylic oxidation sites excluding steroid dienone is 1. The zero-order valence-corrected chi connectivity index (χ0v) is 26.7. The third-order valence-electron chi connectivity index (χ3n) is 8.57. The van der Waals surface area contributed by atoms with Crippen LogP contribution in [0.3, 0.4) is 0 Å². The molecule has 2 bridgehead atoms. The van der Waals surface area contributed by atoms with Crippen LogP contribution < -0.4 is 15.0 Å². The number of anilines is 3. The number of piperazine rings is 1. The minimum atomic E-state index is -0.276. The summed E-state index contributed by atoms with van der Waals surface area (Å²) in [4.78, 5) is 26.2. The first-order chi connectivity index (χ1) is 21.8. The molecule has 2 unspecified atom stereocenters. The van der Waals surface area contributed by atoms with E-state index in [2.05, 4.69) is 31.3 Å². The van der Waals surface area contributed by atoms with Crippen molar-refractivity contribution in [1.82, 2.24) is 29.0 Å². The van der Waals surface area contributed by atoms with Gasteiger partial charge in [0, 0.05) is 50.2 Å². The van der Waals surface area contributed by atoms with Crippen LogP contribution in [0.15, 0.2) is 72.6 Å². The number of hydrogen-bond acceptors (Lipinski definition) is 8. The Bertz CT molecular complexity index is 1900. The first kappa shape index (κ1) is 30.0. The molecule has 3 saturated heterocycles. The van der Waals surface area contributed by atoms with E-state index in [1.807, 2.05) is 84.4 Å². The van der Waals surface area contributed by atoms with Crippen molar-refractivity contribution in [3.8, 4) is 11.5 Å². The number of amides is 1. The van der Waals surface area contributed by atoms with Crippen LogP contribution >= 0.6 is 0 Å². The summed E-state index contributed by atoms with van der Waals surface area (Å²) in [5.41, 5.74) is 6.33. The third kappa shape index (κ3) is 5.54. The molecule has 11 nitrogen and oxygen atoms in total. The predicted octanol–water partition coefficient (Wildman–Crippen LogP) is 6.52. The van der Waals surface area contributed by atoms with Crippen LogP contribution in [0, 0.1) is 6.92 Å². The second kappa shape index (κ2) is 12.1. The average molecular weight is 609 g/mol. The second-order valence-corrected chi connectivity index (χ2v) is 11.7. The monoisotopic (exact) mass is 608 g/mol. The second-order valence-electron chi connectivity index (χ2n) is 11.7. The van der Waals surface area contributed by atoms with Crippen molar-refractivity contribution < 1.29 is 14.6 Å². The van der Waals surface area contributed by atoms with Gasteiger partial charge in [-0.05, 0) is 81.1 Å². The summed E-state index contributed by atoms with van der Waals surface area (Å²) < 4.78 is 10.0. The molecule has 0 aliphatic carbocycles. The van der Waals surface area contributed by atoms with Crippen LogP contribution in [0.25, 0.3) is 16.6 Å². The molecule has 8 rings (SSSR count). The van der Waals surface area contributed by atoms with E-state index in [1.165, 1.54) is 0 Å². The molecule has 3 aliphatic heterocycles. The molecule has 5 aromatic rings. The molecule has 2 N–H and O–H groups in total. The topological polar surface area (TPSA) is 113 Å². The number of nitrogens with zero attached hydrogens (tertiary/aromatic N) is 7. The smallest absolute Gasteiger partial charge is 0.288 e. The number of aromatic nitrogens is 5. The number of rotatable bonds is 6. The average Bonchev–Trinajstić information content (AvgIpc) is 3.66. The molecule has 234 valence electrons. The Kier molecular flexibility index (Phi) is 8.09. The Hall–Kier alpha value is -5.06. The number of aryl methyl sites for hydroxylation is 2. The number of fused-ring (bicyclic) bond motifs is 5. The van der Waals surface area contributed by atoms with E-state index in [9.17, 15) is 9.90 Å². The summed E-state index contributed by atoms with van der Waals surface area (Å²) in [6.07, 6.45) is 7.18. The summed E-state index contributed by atoms with van der Waals surface area (Å²) in [5.74, 6) is 1.77. The normalized spacial score (nSPS) is 17.3. The standard InChI is InChI=1S/C32H34N8O3.C2H6/c1-19(2)30(41)32(42)39-16-22-6-7-23(39)15-38(22)27-11-12-40-29(27)31(33-17-35-40)36-21-5-10-28(20(3)13-21)43-24-8-9-26-25(14-24)34-18-37(26)4;1-2/h5,8-14,17-18,22-23,41H,6-7,15-16H2,1-4H3,(H,33,35,36);1-2H3. The lowest BCUT2D eigenvalue weighted by atomic mass is 9.90. The largest absolute Gasteiger partial charge is 0.503 e. The Morgan fingerprint density at radius 1 is 1.02 bits per heavy atom. The fourth-order valence-corrected chi connectivity index (χ4v) is 6.27. The van der Waals surface area contributed by atoms with Crippen LogP contribution in [-0.2, 0) is 11.8 Å². The van der Waals surface area contributed by atoms with Crippen molar-refractivity contribution in [3.05, 3.63) is 78.2 Å². The lowest BCUT2D eigenvalue weighted by Gasteiger charge is -2.52. The number of hydrogen-bond donors (Lipinski definition) is 2. The van der Waals surface area contributed by atoms with Gasteiger partial charge in [0.05, 0.1) is 23.0 Å². The quantitative estimate of drug-likeness (QED) is 0.166. The molecular formula is C34H40N8O3. The predicted molar refractivity (Wildman–Crippen MR) is 176 cm³/mol. The van der Waals surface area contributed by atoms with Crippen LogP contribution in [-0.4, -0.2) is 65.2 Å². The molecule has 1 amide bonds. The summed E-state index contributed by atoms with van der Waals surface area (Å²) in [5, 5.41) is 18.3. The molecule has 45 heavy (non-hydrogen) atoms. The van der Waals surface area contributed by atoms with Crippen LogP contribution in [0.4, 0.5) is 17.2 Å². The van der Waals surface area contributed by atoms with Crippen molar-refractivity contribution in [2.24, 2.45) is 7.05 Å². The molecule has 6 heterocycles. The van der Waals surface area contributed by atoms with E-state index in [0.717, 1.165) is 57.8 Å². The van der Waals surface area contributed by atoms with Crippen molar-refractivity contribution in [3.63, 3.8) is 0 Å². The molecule has 2 atom stereocenters. The zero-order chi connectivity index (χ0) is 31.8. The van der Waals surface area contributed by atoms with E-state index < -0.39 is 0 Å². The van der Waals surface area contributed by atoms with Crippen LogP contribution in [0.1, 0.15) is 46.1 Å². The number of aliphatic hydroxyl groups is 1. The van der Waals surface area contributed by atoms with Crippen molar-refractivity contribution >= 4 is 39.6 Å². The summed E-state index contributed by atoms with van der Waals surface area (Å²) in [6, 6.07) is 14.1. The highest BCUT2D eigenvalue weighted by atomic mass is 16.5. The fraction of sp³-hybridized carbons (Fsp3) is 0.353. The number of carbonyl (C=O) groups is 1. The van der Waals surface area contributed by atoms with Gasteiger partial charge >= 0.3 is 0 Å². The summed E-state index contributed by atoms with van der Waals surface area (Å²) >= 11 is 0. The van der Waals surface area contributed by atoms with Gasteiger partial charge in [0.25, 0.3) is 5.91 Å². The van der Waals surface area contributed by atoms with Gasteiger partial charge in [-0.25, -0.2) is 14.5 Å². The molecule has 0 saturated carbocycles. The fourth-order valence-electron chi connectivity index (χ4n) is 6.27. The Balaban J connectivity index is 0.00000175. The highest BCUT2D eigenvalue weighted by Crippen LogP contribution is 2.38. The number of piperidine rings is 2. The SMILES string of the molecule is CC.CC(C)=C(O)C(=O)N1CC2CCC1CN2c1ccn2ncnc(Nc3ccc(Oc4ccc5c(c4)ncn5C)c(C)c3)c12. The van der Waals surface area contributed by atoms with Crippen molar-refractivity contribution in [2.45, 2.75) is 59.5 Å². The number of nitrogens with one attached hydrogen (secondary N) is 1. The Labute approximate surface area is 262 Å². The Morgan fingerprint density at radius 2 is 1.82 bits per heavy atom. The van der Waals surface area contributed by atoms with Crippen LogP contribution in [0.5, 0.6) is 11.5 Å². The van der Waals surface area contributed by atoms with Crippen molar-refractivity contribution in [2.75, 3.05) is 23.3 Å². The molecule has 2 aromatic carbocycles. The number of ether oxygens (including phenoxy) is 1. The third-order valence-corrected chi connectivity index (χ3v) is 8.57. The van der Waals surface area contributed by atoms with E-state index in [0.29, 0.717) is 24.5 Å². The van der Waals surface area contributed by atoms with Gasteiger partial charge in [0.15, 0.2) is 11.6 Å². The number of imidazole rings is 1. The molecule has 3 aromatic heterocycles. The molecule has 3 fully saturated rings. The molecular weight excluding hydrogens is 568 g/mol. The van der Waals surface area contributed by atoms with Crippen molar-refractivity contribution in [1.29, 1.82) is 0 Å².